The zero-order chi connectivity index (χ0) is 14.3. The molecule has 1 N–H and O–H groups in total. The van der Waals surface area contributed by atoms with Crippen molar-refractivity contribution in [2.75, 3.05) is 0 Å². The topological polar surface area (TPSA) is 20.2 Å². The van der Waals surface area contributed by atoms with E-state index < -0.39 is 0 Å². The summed E-state index contributed by atoms with van der Waals surface area (Å²) in [7, 11) is 0. The van der Waals surface area contributed by atoms with E-state index in [0.717, 1.165) is 5.56 Å². The van der Waals surface area contributed by atoms with Crippen molar-refractivity contribution < 1.29 is 5.11 Å². The van der Waals surface area contributed by atoms with Crippen LogP contribution in [0, 0.1) is 5.41 Å². The molecule has 0 amide bonds. The largest absolute Gasteiger partial charge is 0.388 e. The fraction of sp³-hybridized carbons (Fsp3) is 0.684. The van der Waals surface area contributed by atoms with E-state index in [9.17, 15) is 5.11 Å². The molecule has 0 aromatic heterocycles. The highest BCUT2D eigenvalue weighted by atomic mass is 16.3. The Labute approximate surface area is 124 Å². The van der Waals surface area contributed by atoms with Gasteiger partial charge >= 0.3 is 0 Å². The molecule has 0 heterocycles. The number of hydrogen-bond acceptors (Lipinski definition) is 1. The summed E-state index contributed by atoms with van der Waals surface area (Å²) in [5.74, 6) is 0. The molecule has 1 aliphatic carbocycles. The van der Waals surface area contributed by atoms with Crippen molar-refractivity contribution in [2.24, 2.45) is 5.41 Å². The molecule has 1 heteroatoms. The summed E-state index contributed by atoms with van der Waals surface area (Å²) in [6, 6.07) is 10.3. The van der Waals surface area contributed by atoms with E-state index in [1.807, 2.05) is 18.2 Å². The smallest absolute Gasteiger partial charge is 0.0846 e. The van der Waals surface area contributed by atoms with Gasteiger partial charge < -0.3 is 5.11 Å². The third-order valence-electron chi connectivity index (χ3n) is 5.07. The van der Waals surface area contributed by atoms with Crippen LogP contribution in [-0.4, -0.2) is 5.11 Å². The van der Waals surface area contributed by atoms with Crippen LogP contribution < -0.4 is 0 Å². The van der Waals surface area contributed by atoms with Gasteiger partial charge in [0.15, 0.2) is 0 Å². The van der Waals surface area contributed by atoms with Gasteiger partial charge in [0.2, 0.25) is 0 Å². The van der Waals surface area contributed by atoms with Crippen molar-refractivity contribution >= 4 is 0 Å². The van der Waals surface area contributed by atoms with Gasteiger partial charge in [0.25, 0.3) is 0 Å². The molecule has 1 aromatic carbocycles. The molecule has 1 atom stereocenters. The fourth-order valence-corrected chi connectivity index (χ4v) is 3.81. The van der Waals surface area contributed by atoms with Crippen LogP contribution in [-0.2, 0) is 0 Å². The summed E-state index contributed by atoms with van der Waals surface area (Å²) in [4.78, 5) is 0. The number of aliphatic hydroxyl groups excluding tert-OH is 1. The van der Waals surface area contributed by atoms with Crippen molar-refractivity contribution in [3.05, 3.63) is 35.9 Å². The van der Waals surface area contributed by atoms with Crippen molar-refractivity contribution in [3.8, 4) is 0 Å². The van der Waals surface area contributed by atoms with Crippen LogP contribution in [0.5, 0.6) is 0 Å². The fourth-order valence-electron chi connectivity index (χ4n) is 3.81. The summed E-state index contributed by atoms with van der Waals surface area (Å²) in [5.41, 5.74) is 1.27. The Hall–Kier alpha value is -0.820. The minimum absolute atomic E-state index is 0.160. The lowest BCUT2D eigenvalue weighted by Crippen LogP contribution is -2.26. The second-order valence-corrected chi connectivity index (χ2v) is 6.55. The van der Waals surface area contributed by atoms with E-state index >= 15 is 0 Å². The van der Waals surface area contributed by atoms with E-state index in [1.165, 1.54) is 64.2 Å². The van der Waals surface area contributed by atoms with E-state index in [0.29, 0.717) is 0 Å². The number of unbranched alkanes of at least 4 members (excludes halogenated alkanes) is 4. The first kappa shape index (κ1) is 15.6. The third-order valence-corrected chi connectivity index (χ3v) is 5.07. The summed E-state index contributed by atoms with van der Waals surface area (Å²) in [6.07, 6.45) is 12.6. The number of hydrogen-bond donors (Lipinski definition) is 1. The lowest BCUT2D eigenvalue weighted by molar-refractivity contribution is 0.0182. The van der Waals surface area contributed by atoms with Crippen LogP contribution in [0.2, 0.25) is 0 Å². The van der Waals surface area contributed by atoms with Gasteiger partial charge in [-0.25, -0.2) is 0 Å². The maximum atomic E-state index is 10.9. The molecule has 0 saturated heterocycles. The summed E-state index contributed by atoms with van der Waals surface area (Å²) in [6.45, 7) is 2.26. The molecule has 112 valence electrons. The van der Waals surface area contributed by atoms with Crippen LogP contribution in [0.1, 0.15) is 82.8 Å². The molecule has 20 heavy (non-hydrogen) atoms. The maximum Gasteiger partial charge on any atom is 0.0846 e. The Morgan fingerprint density at radius 2 is 1.65 bits per heavy atom. The van der Waals surface area contributed by atoms with Gasteiger partial charge in [-0.1, -0.05) is 82.2 Å². The predicted octanol–water partition coefficient (Wildman–Crippen LogP) is 5.64. The van der Waals surface area contributed by atoms with E-state index in [-0.39, 0.29) is 11.5 Å². The predicted molar refractivity (Wildman–Crippen MR) is 85.7 cm³/mol. The van der Waals surface area contributed by atoms with Crippen LogP contribution in [0.4, 0.5) is 0 Å². The van der Waals surface area contributed by atoms with Gasteiger partial charge in [0, 0.05) is 5.41 Å². The lowest BCUT2D eigenvalue weighted by atomic mass is 9.73. The highest BCUT2D eigenvalue weighted by Crippen LogP contribution is 2.51. The molecule has 1 nitrogen and oxygen atoms in total. The van der Waals surface area contributed by atoms with Crippen molar-refractivity contribution in [1.29, 1.82) is 0 Å². The van der Waals surface area contributed by atoms with Gasteiger partial charge in [-0.05, 0) is 24.8 Å². The molecule has 1 saturated carbocycles. The van der Waals surface area contributed by atoms with Crippen LogP contribution in [0.3, 0.4) is 0 Å². The van der Waals surface area contributed by atoms with Gasteiger partial charge in [0.1, 0.15) is 0 Å². The van der Waals surface area contributed by atoms with Crippen molar-refractivity contribution in [1.82, 2.24) is 0 Å². The number of aliphatic hydroxyl groups is 1. The molecule has 0 aliphatic heterocycles. The minimum Gasteiger partial charge on any atom is -0.388 e. The number of rotatable bonds is 8. The molecule has 0 unspecified atom stereocenters. The molecule has 0 spiro atoms. The average molecular weight is 274 g/mol. The minimum atomic E-state index is -0.266. The molecule has 2 rings (SSSR count). The Balaban J connectivity index is 1.95. The molecular weight excluding hydrogens is 244 g/mol. The standard InChI is InChI=1S/C19H30O/c1-2-3-4-5-9-14-19(15-10-11-16-19)18(20)17-12-7-6-8-13-17/h6-8,12-13,18,20H,2-5,9-11,14-16H2,1H3/t18-/m0/s1. The Kier molecular flexibility index (Phi) is 6.09. The number of benzene rings is 1. The zero-order valence-electron chi connectivity index (χ0n) is 13.0. The van der Waals surface area contributed by atoms with Crippen LogP contribution in [0.15, 0.2) is 30.3 Å². The molecular formula is C19H30O. The van der Waals surface area contributed by atoms with Gasteiger partial charge in [-0.15, -0.1) is 0 Å². The first-order valence-corrected chi connectivity index (χ1v) is 8.51. The average Bonchev–Trinajstić information content (AvgIpc) is 2.97. The molecule has 0 radical (unpaired) electrons. The van der Waals surface area contributed by atoms with Crippen LogP contribution in [0.25, 0.3) is 0 Å². The summed E-state index contributed by atoms with van der Waals surface area (Å²) < 4.78 is 0. The Bertz CT molecular complexity index is 365. The maximum absolute atomic E-state index is 10.9. The first-order valence-electron chi connectivity index (χ1n) is 8.51. The van der Waals surface area contributed by atoms with Crippen molar-refractivity contribution in [2.45, 2.75) is 77.2 Å². The Morgan fingerprint density at radius 1 is 1.00 bits per heavy atom. The lowest BCUT2D eigenvalue weighted by Gasteiger charge is -2.35. The summed E-state index contributed by atoms with van der Waals surface area (Å²) >= 11 is 0. The molecule has 1 aliphatic rings. The molecule has 1 fully saturated rings. The second kappa shape index (κ2) is 7.83. The van der Waals surface area contributed by atoms with Gasteiger partial charge in [-0.3, -0.25) is 0 Å². The molecule has 1 aromatic rings. The van der Waals surface area contributed by atoms with Crippen LogP contribution >= 0.6 is 0 Å². The quantitative estimate of drug-likeness (QED) is 0.608. The highest BCUT2D eigenvalue weighted by Gasteiger charge is 2.40. The zero-order valence-corrected chi connectivity index (χ0v) is 13.0. The first-order chi connectivity index (χ1) is 9.78. The SMILES string of the molecule is CCCCCCCC1([C@@H](O)c2ccccc2)CCCC1. The monoisotopic (exact) mass is 274 g/mol. The van der Waals surface area contributed by atoms with E-state index in [2.05, 4.69) is 19.1 Å². The van der Waals surface area contributed by atoms with E-state index in [4.69, 9.17) is 0 Å². The van der Waals surface area contributed by atoms with Gasteiger partial charge in [-0.2, -0.15) is 0 Å². The highest BCUT2D eigenvalue weighted by molar-refractivity contribution is 5.20. The normalized spacial score (nSPS) is 19.1. The summed E-state index contributed by atoms with van der Waals surface area (Å²) in [5, 5.41) is 10.9. The molecule has 0 bridgehead atoms. The van der Waals surface area contributed by atoms with E-state index in [1.54, 1.807) is 0 Å². The van der Waals surface area contributed by atoms with Gasteiger partial charge in [0.05, 0.1) is 6.10 Å². The second-order valence-electron chi connectivity index (χ2n) is 6.55. The Morgan fingerprint density at radius 3 is 2.30 bits per heavy atom. The van der Waals surface area contributed by atoms with Crippen molar-refractivity contribution in [3.63, 3.8) is 0 Å². The third kappa shape index (κ3) is 3.85.